The fourth-order valence-corrected chi connectivity index (χ4v) is 3.61. The van der Waals surface area contributed by atoms with Gasteiger partial charge in [-0.15, -0.1) is 10.3 Å². The number of hydrogen-bond donors (Lipinski definition) is 2. The lowest BCUT2D eigenvalue weighted by atomic mass is 10.0. The number of ether oxygens (including phenoxy) is 1. The third-order valence-corrected chi connectivity index (χ3v) is 9.20. The molecule has 0 aliphatic carbocycles. The monoisotopic (exact) mass is 418 g/mol. The molecule has 1 fully saturated rings. The highest BCUT2D eigenvalue weighted by Gasteiger charge is 2.28. The Balaban J connectivity index is 1.91. The highest BCUT2D eigenvalue weighted by atomic mass is 32.3. The minimum atomic E-state index is -1.14. The van der Waals surface area contributed by atoms with Crippen LogP contribution in [0.1, 0.15) is 56.7 Å². The van der Waals surface area contributed by atoms with Crippen LogP contribution in [0.15, 0.2) is 24.4 Å². The van der Waals surface area contributed by atoms with Gasteiger partial charge in [-0.05, 0) is 56.4 Å². The summed E-state index contributed by atoms with van der Waals surface area (Å²) < 4.78 is 11.9. The van der Waals surface area contributed by atoms with Gasteiger partial charge in [0.25, 0.3) is 0 Å². The topological polar surface area (TPSA) is 56.5 Å². The van der Waals surface area contributed by atoms with Crippen molar-refractivity contribution in [2.45, 2.75) is 57.8 Å². The van der Waals surface area contributed by atoms with Crippen LogP contribution in [0, 0.1) is 18.8 Å². The number of nitrogens with one attached hydrogen (secondary N) is 1. The molecule has 0 bridgehead atoms. The maximum Gasteiger partial charge on any atom is 0.120 e. The lowest BCUT2D eigenvalue weighted by Crippen LogP contribution is -2.29. The van der Waals surface area contributed by atoms with Crippen molar-refractivity contribution in [3.05, 3.63) is 41.1 Å². The van der Waals surface area contributed by atoms with Crippen molar-refractivity contribution in [1.82, 2.24) is 5.32 Å². The van der Waals surface area contributed by atoms with Crippen LogP contribution >= 0.6 is 10.3 Å². The second-order valence-corrected chi connectivity index (χ2v) is 12.9. The average Bonchev–Trinajstić information content (AvgIpc) is 2.65. The largest absolute Gasteiger partial charge is 0.397 e. The van der Waals surface area contributed by atoms with Gasteiger partial charge in [0, 0.05) is 35.2 Å². The predicted octanol–water partition coefficient (Wildman–Crippen LogP) is 4.56. The molecule has 1 atom stereocenters. The van der Waals surface area contributed by atoms with Crippen LogP contribution in [0.5, 0.6) is 0 Å². The molecule has 1 aliphatic heterocycles. The molecule has 0 spiro atoms. The summed E-state index contributed by atoms with van der Waals surface area (Å²) in [6, 6.07) is 6.13. The van der Waals surface area contributed by atoms with Gasteiger partial charge >= 0.3 is 0 Å². The third kappa shape index (κ3) is 7.29. The Bertz CT molecular complexity index is 763. The first-order chi connectivity index (χ1) is 13.6. The summed E-state index contributed by atoms with van der Waals surface area (Å²) in [6.45, 7) is 10.8. The summed E-state index contributed by atoms with van der Waals surface area (Å²) in [7, 11) is -1.14. The summed E-state index contributed by atoms with van der Waals surface area (Å²) in [5.41, 5.74) is 10.1. The van der Waals surface area contributed by atoms with Crippen molar-refractivity contribution in [2.24, 2.45) is 5.73 Å². The van der Waals surface area contributed by atoms with Crippen molar-refractivity contribution in [2.75, 3.05) is 32.3 Å². The normalized spacial score (nSPS) is 18.7. The van der Waals surface area contributed by atoms with Crippen molar-refractivity contribution >= 4 is 16.0 Å². The van der Waals surface area contributed by atoms with Crippen LogP contribution in [0.25, 0.3) is 5.70 Å². The van der Waals surface area contributed by atoms with Gasteiger partial charge in [-0.2, -0.15) is 0 Å². The van der Waals surface area contributed by atoms with Crippen molar-refractivity contribution in [1.29, 1.82) is 0 Å². The molecule has 1 aromatic rings. The highest BCUT2D eigenvalue weighted by molar-refractivity contribution is 8.29. The predicted molar refractivity (Wildman–Crippen MR) is 127 cm³/mol. The van der Waals surface area contributed by atoms with Gasteiger partial charge in [-0.3, -0.25) is 0 Å². The Kier molecular flexibility index (Phi) is 8.51. The first-order valence-corrected chi connectivity index (χ1v) is 12.8. The summed E-state index contributed by atoms with van der Waals surface area (Å²) in [5.74, 6) is 6.36. The number of nitrogens with two attached hydrogens (primary N) is 1. The standard InChI is InChI=1S/C24H38N2O2S/c1-19-16-20(10-9-15-28-29(5,6)24(2,3)4)12-13-22(19)23(25)18-26-17-21-11-7-8-14-27-21/h12-13,16,18,21,26H,7-8,11,14-15,17,25H2,1-6H3/b23-18-. The van der Waals surface area contributed by atoms with E-state index in [1.807, 2.05) is 18.3 Å². The molecule has 1 aromatic carbocycles. The van der Waals surface area contributed by atoms with Crippen LogP contribution in [-0.2, 0) is 8.92 Å². The van der Waals surface area contributed by atoms with E-state index in [-0.39, 0.29) is 4.75 Å². The van der Waals surface area contributed by atoms with Crippen molar-refractivity contribution < 1.29 is 8.92 Å². The van der Waals surface area contributed by atoms with Gasteiger partial charge < -0.3 is 20.0 Å². The zero-order valence-corrected chi connectivity index (χ0v) is 19.7. The van der Waals surface area contributed by atoms with E-state index in [0.717, 1.165) is 42.0 Å². The Labute approximate surface area is 179 Å². The molecular formula is C24H38N2O2S. The lowest BCUT2D eigenvalue weighted by molar-refractivity contribution is 0.0188. The molecule has 0 amide bonds. The van der Waals surface area contributed by atoms with E-state index in [1.165, 1.54) is 12.8 Å². The van der Waals surface area contributed by atoms with Crippen LogP contribution < -0.4 is 11.1 Å². The molecule has 0 radical (unpaired) electrons. The van der Waals surface area contributed by atoms with E-state index in [2.05, 4.69) is 63.4 Å². The number of hydrogen-bond acceptors (Lipinski definition) is 4. The molecule has 1 heterocycles. The molecule has 0 saturated carbocycles. The van der Waals surface area contributed by atoms with Crippen LogP contribution in [-0.4, -0.2) is 43.1 Å². The first-order valence-electron chi connectivity index (χ1n) is 10.4. The molecule has 3 N–H and O–H groups in total. The van der Waals surface area contributed by atoms with Gasteiger partial charge in [0.1, 0.15) is 6.61 Å². The molecule has 5 heteroatoms. The Morgan fingerprint density at radius 2 is 2.10 bits per heavy atom. The summed E-state index contributed by atoms with van der Waals surface area (Å²) >= 11 is 0. The summed E-state index contributed by atoms with van der Waals surface area (Å²) in [6.07, 6.45) is 10.1. The number of rotatable bonds is 6. The molecule has 2 rings (SSSR count). The van der Waals surface area contributed by atoms with E-state index >= 15 is 0 Å². The van der Waals surface area contributed by atoms with Crippen molar-refractivity contribution in [3.63, 3.8) is 0 Å². The third-order valence-electron chi connectivity index (χ3n) is 5.55. The Hall–Kier alpha value is -1.61. The maximum atomic E-state index is 6.28. The molecule has 29 heavy (non-hydrogen) atoms. The van der Waals surface area contributed by atoms with E-state index < -0.39 is 10.3 Å². The molecule has 4 nitrogen and oxygen atoms in total. The number of aryl methyl sites for hydroxylation is 1. The minimum absolute atomic E-state index is 0.147. The van der Waals surface area contributed by atoms with E-state index in [1.54, 1.807) is 0 Å². The maximum absolute atomic E-state index is 6.28. The molecule has 1 aliphatic rings. The zero-order valence-electron chi connectivity index (χ0n) is 18.9. The van der Waals surface area contributed by atoms with E-state index in [4.69, 9.17) is 14.7 Å². The fourth-order valence-electron chi connectivity index (χ4n) is 2.90. The van der Waals surface area contributed by atoms with Gasteiger partial charge in [0.05, 0.1) is 11.8 Å². The Morgan fingerprint density at radius 3 is 2.72 bits per heavy atom. The summed E-state index contributed by atoms with van der Waals surface area (Å²) in [5, 5.41) is 3.31. The highest BCUT2D eigenvalue weighted by Crippen LogP contribution is 2.53. The minimum Gasteiger partial charge on any atom is -0.397 e. The van der Waals surface area contributed by atoms with Crippen LogP contribution in [0.2, 0.25) is 0 Å². The smallest absolute Gasteiger partial charge is 0.120 e. The van der Waals surface area contributed by atoms with Crippen LogP contribution in [0.3, 0.4) is 0 Å². The fraction of sp³-hybridized carbons (Fsp3) is 0.583. The summed E-state index contributed by atoms with van der Waals surface area (Å²) in [4.78, 5) is 0. The quantitative estimate of drug-likeness (QED) is 0.665. The van der Waals surface area contributed by atoms with Gasteiger partial charge in [0.15, 0.2) is 0 Å². The molecule has 1 saturated heterocycles. The zero-order chi connectivity index (χ0) is 21.5. The molecule has 0 aromatic heterocycles. The van der Waals surface area contributed by atoms with Crippen molar-refractivity contribution in [3.8, 4) is 11.8 Å². The molecule has 1 unspecified atom stereocenters. The molecule has 162 valence electrons. The SMILES string of the molecule is Cc1cc(C#CCOS(C)(C)C(C)(C)C)ccc1/C(N)=C/NCC1CCCCO1. The van der Waals surface area contributed by atoms with E-state index in [9.17, 15) is 0 Å². The van der Waals surface area contributed by atoms with E-state index in [0.29, 0.717) is 12.7 Å². The van der Waals surface area contributed by atoms with Crippen LogP contribution in [0.4, 0.5) is 0 Å². The van der Waals surface area contributed by atoms with Gasteiger partial charge in [-0.1, -0.05) is 38.7 Å². The first kappa shape index (κ1) is 23.7. The lowest BCUT2D eigenvalue weighted by Gasteiger charge is -2.43. The number of benzene rings is 1. The molecular weight excluding hydrogens is 380 g/mol. The Morgan fingerprint density at radius 1 is 1.34 bits per heavy atom. The van der Waals surface area contributed by atoms with Gasteiger partial charge in [0.2, 0.25) is 0 Å². The van der Waals surface area contributed by atoms with Gasteiger partial charge in [-0.25, -0.2) is 0 Å². The second kappa shape index (κ2) is 10.4. The average molecular weight is 419 g/mol. The second-order valence-electron chi connectivity index (χ2n) is 8.94.